The lowest BCUT2D eigenvalue weighted by Crippen LogP contribution is -2.23. The van der Waals surface area contributed by atoms with Crippen LogP contribution in [0.4, 0.5) is 18.9 Å². The summed E-state index contributed by atoms with van der Waals surface area (Å²) in [5.74, 6) is -2.94. The number of aromatic nitrogens is 2. The fourth-order valence-electron chi connectivity index (χ4n) is 2.21. The highest BCUT2D eigenvalue weighted by Gasteiger charge is 2.18. The first-order valence-electron chi connectivity index (χ1n) is 6.28. The van der Waals surface area contributed by atoms with Crippen molar-refractivity contribution in [2.75, 3.05) is 5.32 Å². The van der Waals surface area contributed by atoms with Gasteiger partial charge in [0.15, 0.2) is 11.6 Å². The molecule has 1 atom stereocenters. The number of rotatable bonds is 3. The van der Waals surface area contributed by atoms with Gasteiger partial charge in [-0.25, -0.2) is 18.2 Å². The number of anilines is 1. The highest BCUT2D eigenvalue weighted by molar-refractivity contribution is 5.47. The maximum absolute atomic E-state index is 13.6. The molecule has 1 aromatic heterocycles. The minimum absolute atomic E-state index is 0.282. The Hall–Kier alpha value is -2.31. The van der Waals surface area contributed by atoms with E-state index in [1.54, 1.807) is 20.8 Å². The molecule has 2 rings (SSSR count). The summed E-state index contributed by atoms with van der Waals surface area (Å²) in [5.41, 5.74) is 0.0230. The fourth-order valence-corrected chi connectivity index (χ4v) is 2.21. The molecule has 7 heteroatoms. The van der Waals surface area contributed by atoms with Crippen LogP contribution in [-0.2, 0) is 0 Å². The lowest BCUT2D eigenvalue weighted by molar-refractivity contribution is 0.496. The maximum atomic E-state index is 13.6. The summed E-state index contributed by atoms with van der Waals surface area (Å²) in [6.07, 6.45) is 0. The average molecular weight is 297 g/mol. The van der Waals surface area contributed by atoms with Gasteiger partial charge in [0.2, 0.25) is 0 Å². The van der Waals surface area contributed by atoms with E-state index in [2.05, 4.69) is 15.3 Å². The van der Waals surface area contributed by atoms with E-state index in [-0.39, 0.29) is 16.8 Å². The Kier molecular flexibility index (Phi) is 4.02. The molecule has 0 saturated heterocycles. The molecule has 0 saturated carbocycles. The molecule has 112 valence electrons. The topological polar surface area (TPSA) is 57.8 Å². The van der Waals surface area contributed by atoms with Crippen LogP contribution >= 0.6 is 0 Å². The van der Waals surface area contributed by atoms with Crippen LogP contribution in [-0.4, -0.2) is 9.97 Å². The maximum Gasteiger partial charge on any atom is 0.256 e. The summed E-state index contributed by atoms with van der Waals surface area (Å²) >= 11 is 0. The smallest absolute Gasteiger partial charge is 0.256 e. The monoisotopic (exact) mass is 297 g/mol. The highest BCUT2D eigenvalue weighted by atomic mass is 19.2. The van der Waals surface area contributed by atoms with Gasteiger partial charge in [0.1, 0.15) is 11.6 Å². The number of nitrogens with one attached hydrogen (secondary N) is 2. The quantitative estimate of drug-likeness (QED) is 0.856. The lowest BCUT2D eigenvalue weighted by Gasteiger charge is -2.17. The summed E-state index contributed by atoms with van der Waals surface area (Å²) in [4.78, 5) is 18.6. The van der Waals surface area contributed by atoms with Crippen molar-refractivity contribution in [1.29, 1.82) is 0 Å². The number of benzene rings is 1. The SMILES string of the molecule is Cc1nc(C)c(C(C)Nc2cc(F)cc(F)c2F)c(=O)[nH]1. The van der Waals surface area contributed by atoms with Gasteiger partial charge in [0, 0.05) is 12.1 Å². The molecule has 0 aliphatic heterocycles. The number of hydrogen-bond acceptors (Lipinski definition) is 3. The summed E-state index contributed by atoms with van der Waals surface area (Å²) < 4.78 is 39.9. The first-order chi connectivity index (χ1) is 9.79. The number of hydrogen-bond donors (Lipinski definition) is 2. The number of halogens is 3. The fraction of sp³-hybridized carbons (Fsp3) is 0.286. The molecular formula is C14H14F3N3O. The molecule has 4 nitrogen and oxygen atoms in total. The Balaban J connectivity index is 2.39. The molecular weight excluding hydrogens is 283 g/mol. The second-order valence-corrected chi connectivity index (χ2v) is 4.77. The molecule has 1 unspecified atom stereocenters. The molecule has 2 aromatic rings. The van der Waals surface area contributed by atoms with Crippen molar-refractivity contribution in [3.05, 3.63) is 57.0 Å². The first-order valence-corrected chi connectivity index (χ1v) is 6.28. The van der Waals surface area contributed by atoms with Crippen LogP contribution < -0.4 is 10.9 Å². The number of aromatic amines is 1. The number of aryl methyl sites for hydroxylation is 2. The van der Waals surface area contributed by atoms with Gasteiger partial charge in [-0.05, 0) is 20.8 Å². The van der Waals surface area contributed by atoms with Gasteiger partial charge in [-0.3, -0.25) is 4.79 Å². The van der Waals surface area contributed by atoms with Crippen LogP contribution in [0.5, 0.6) is 0 Å². The van der Waals surface area contributed by atoms with Gasteiger partial charge in [-0.1, -0.05) is 0 Å². The van der Waals surface area contributed by atoms with Crippen LogP contribution in [0.2, 0.25) is 0 Å². The number of H-pyrrole nitrogens is 1. The van der Waals surface area contributed by atoms with Crippen molar-refractivity contribution in [3.63, 3.8) is 0 Å². The molecule has 21 heavy (non-hydrogen) atoms. The summed E-state index contributed by atoms with van der Waals surface area (Å²) in [6, 6.07) is 0.619. The van der Waals surface area contributed by atoms with Crippen LogP contribution in [0.3, 0.4) is 0 Å². The van der Waals surface area contributed by atoms with E-state index in [0.29, 0.717) is 17.6 Å². The van der Waals surface area contributed by atoms with Gasteiger partial charge < -0.3 is 10.3 Å². The molecule has 0 spiro atoms. The van der Waals surface area contributed by atoms with Gasteiger partial charge in [0.05, 0.1) is 23.0 Å². The Bertz CT molecular complexity index is 743. The van der Waals surface area contributed by atoms with Crippen LogP contribution in [0.15, 0.2) is 16.9 Å². The molecule has 0 fully saturated rings. The Morgan fingerprint density at radius 1 is 1.24 bits per heavy atom. The van der Waals surface area contributed by atoms with E-state index in [0.717, 1.165) is 6.07 Å². The molecule has 1 aromatic carbocycles. The van der Waals surface area contributed by atoms with Crippen LogP contribution in [0, 0.1) is 31.3 Å². The largest absolute Gasteiger partial charge is 0.376 e. The third-order valence-electron chi connectivity index (χ3n) is 3.06. The minimum Gasteiger partial charge on any atom is -0.376 e. The van der Waals surface area contributed by atoms with Crippen LogP contribution in [0.1, 0.15) is 30.0 Å². The molecule has 2 N–H and O–H groups in total. The van der Waals surface area contributed by atoms with Crippen molar-refractivity contribution in [2.45, 2.75) is 26.8 Å². The predicted molar refractivity (Wildman–Crippen MR) is 72.7 cm³/mol. The Morgan fingerprint density at radius 2 is 1.90 bits per heavy atom. The van der Waals surface area contributed by atoms with Crippen molar-refractivity contribution in [2.24, 2.45) is 0 Å². The number of nitrogens with zero attached hydrogens (tertiary/aromatic N) is 1. The molecule has 1 heterocycles. The standard InChI is InChI=1S/C14H14F3N3O/c1-6-12(14(21)20-8(3)18-6)7(2)19-11-5-9(15)4-10(16)13(11)17/h4-5,7,19H,1-3H3,(H,18,20,21). The third kappa shape index (κ3) is 3.07. The highest BCUT2D eigenvalue weighted by Crippen LogP contribution is 2.24. The molecule has 0 aliphatic rings. The normalized spacial score (nSPS) is 12.3. The Morgan fingerprint density at radius 3 is 2.52 bits per heavy atom. The third-order valence-corrected chi connectivity index (χ3v) is 3.06. The van der Waals surface area contributed by atoms with E-state index in [4.69, 9.17) is 0 Å². The van der Waals surface area contributed by atoms with Crippen LogP contribution in [0.25, 0.3) is 0 Å². The first kappa shape index (κ1) is 15.1. The van der Waals surface area contributed by atoms with Gasteiger partial charge in [0.25, 0.3) is 5.56 Å². The van der Waals surface area contributed by atoms with E-state index >= 15 is 0 Å². The van der Waals surface area contributed by atoms with Crippen molar-refractivity contribution in [3.8, 4) is 0 Å². The second-order valence-electron chi connectivity index (χ2n) is 4.77. The molecule has 0 bridgehead atoms. The van der Waals surface area contributed by atoms with Gasteiger partial charge >= 0.3 is 0 Å². The second kappa shape index (κ2) is 5.59. The average Bonchev–Trinajstić information content (AvgIpc) is 2.33. The van der Waals surface area contributed by atoms with Crippen molar-refractivity contribution in [1.82, 2.24) is 9.97 Å². The predicted octanol–water partition coefficient (Wildman–Crippen LogP) is 2.98. The van der Waals surface area contributed by atoms with Crippen molar-refractivity contribution < 1.29 is 13.2 Å². The zero-order chi connectivity index (χ0) is 15.7. The van der Waals surface area contributed by atoms with E-state index in [1.165, 1.54) is 0 Å². The molecule has 0 aliphatic carbocycles. The summed E-state index contributed by atoms with van der Waals surface area (Å²) in [6.45, 7) is 4.85. The molecule has 0 radical (unpaired) electrons. The van der Waals surface area contributed by atoms with Gasteiger partial charge in [-0.2, -0.15) is 0 Å². The summed E-state index contributed by atoms with van der Waals surface area (Å²) in [5, 5.41) is 2.59. The minimum atomic E-state index is -1.29. The van der Waals surface area contributed by atoms with E-state index < -0.39 is 23.5 Å². The van der Waals surface area contributed by atoms with Crippen molar-refractivity contribution >= 4 is 5.69 Å². The Labute approximate surface area is 119 Å². The lowest BCUT2D eigenvalue weighted by atomic mass is 10.1. The van der Waals surface area contributed by atoms with Gasteiger partial charge in [-0.15, -0.1) is 0 Å². The summed E-state index contributed by atoms with van der Waals surface area (Å²) in [7, 11) is 0. The molecule has 0 amide bonds. The van der Waals surface area contributed by atoms with E-state index in [9.17, 15) is 18.0 Å². The van der Waals surface area contributed by atoms with E-state index in [1.807, 2.05) is 0 Å². The zero-order valence-corrected chi connectivity index (χ0v) is 11.7. The zero-order valence-electron chi connectivity index (χ0n) is 11.7.